The van der Waals surface area contributed by atoms with Gasteiger partial charge in [-0.3, -0.25) is 0 Å². The normalized spacial score (nSPS) is 12.3. The fraction of sp³-hybridized carbons (Fsp3) is 0.118. The lowest BCUT2D eigenvalue weighted by Crippen LogP contribution is -2.01. The molecule has 1 aromatic heterocycles. The first-order chi connectivity index (χ1) is 17.3. The van der Waals surface area contributed by atoms with Crippen LogP contribution in [0.5, 0.6) is 0 Å². The van der Waals surface area contributed by atoms with Crippen LogP contribution in [0.25, 0.3) is 44.1 Å². The van der Waals surface area contributed by atoms with Gasteiger partial charge in [0.05, 0.1) is 0 Å². The molecule has 1 heterocycles. The number of para-hydroxylation sites is 2. The smallest absolute Gasteiger partial charge is 0.0494 e. The van der Waals surface area contributed by atoms with Crippen molar-refractivity contribution >= 4 is 21.8 Å². The first kappa shape index (κ1) is 20.3. The van der Waals surface area contributed by atoms with E-state index < -0.39 is 0 Å². The fourth-order valence-electron chi connectivity index (χ4n) is 6.00. The zero-order valence-electron chi connectivity index (χ0n) is 20.0. The van der Waals surface area contributed by atoms with Gasteiger partial charge in [0.1, 0.15) is 0 Å². The molecular formula is C34H27N. The average Bonchev–Trinajstić information content (AvgIpc) is 3.45. The first-order valence-corrected chi connectivity index (χ1v) is 12.6. The lowest BCUT2D eigenvalue weighted by molar-refractivity contribution is 0.866. The van der Waals surface area contributed by atoms with Crippen LogP contribution in [0.1, 0.15) is 29.2 Å². The molecule has 0 fully saturated rings. The molecule has 35 heavy (non-hydrogen) atoms. The molecule has 5 aromatic carbocycles. The Bertz CT molecular complexity index is 1680. The predicted molar refractivity (Wildman–Crippen MR) is 148 cm³/mol. The molecule has 7 rings (SSSR count). The van der Waals surface area contributed by atoms with Crippen LogP contribution >= 0.6 is 0 Å². The number of rotatable bonds is 4. The zero-order valence-corrected chi connectivity index (χ0v) is 20.0. The van der Waals surface area contributed by atoms with Crippen LogP contribution in [0.2, 0.25) is 0 Å². The summed E-state index contributed by atoms with van der Waals surface area (Å²) in [5.74, 6) is 0. The molecule has 6 aromatic rings. The van der Waals surface area contributed by atoms with Gasteiger partial charge in [-0.1, -0.05) is 97.9 Å². The third-order valence-corrected chi connectivity index (χ3v) is 7.64. The van der Waals surface area contributed by atoms with Crippen molar-refractivity contribution < 1.29 is 0 Å². The van der Waals surface area contributed by atoms with E-state index in [4.69, 9.17) is 0 Å². The summed E-state index contributed by atoms with van der Waals surface area (Å²) in [6, 6.07) is 40.4. The van der Waals surface area contributed by atoms with Gasteiger partial charge in [0.15, 0.2) is 0 Å². The van der Waals surface area contributed by atoms with Crippen LogP contribution in [0, 0.1) is 0 Å². The van der Waals surface area contributed by atoms with Crippen molar-refractivity contribution in [2.45, 2.75) is 26.3 Å². The van der Waals surface area contributed by atoms with E-state index in [-0.39, 0.29) is 0 Å². The third kappa shape index (κ3) is 3.23. The van der Waals surface area contributed by atoms with Gasteiger partial charge in [-0.2, -0.15) is 0 Å². The van der Waals surface area contributed by atoms with E-state index in [1.165, 1.54) is 66.3 Å². The van der Waals surface area contributed by atoms with Gasteiger partial charge in [-0.15, -0.1) is 0 Å². The van der Waals surface area contributed by atoms with Crippen LogP contribution in [0.15, 0.2) is 109 Å². The highest BCUT2D eigenvalue weighted by Gasteiger charge is 2.21. The van der Waals surface area contributed by atoms with Gasteiger partial charge in [0, 0.05) is 28.4 Å². The van der Waals surface area contributed by atoms with E-state index in [2.05, 4.69) is 121 Å². The van der Waals surface area contributed by atoms with Crippen LogP contribution in [-0.4, -0.2) is 4.57 Å². The first-order valence-electron chi connectivity index (χ1n) is 12.6. The summed E-state index contributed by atoms with van der Waals surface area (Å²) in [5, 5.41) is 2.65. The Morgan fingerprint density at radius 3 is 2.00 bits per heavy atom. The van der Waals surface area contributed by atoms with E-state index in [0.29, 0.717) is 0 Å². The maximum Gasteiger partial charge on any atom is 0.0494 e. The van der Waals surface area contributed by atoms with Gasteiger partial charge < -0.3 is 4.57 Å². The predicted octanol–water partition coefficient (Wildman–Crippen LogP) is 8.64. The molecule has 0 spiro atoms. The van der Waals surface area contributed by atoms with E-state index in [0.717, 1.165) is 19.4 Å². The summed E-state index contributed by atoms with van der Waals surface area (Å²) < 4.78 is 2.48. The second kappa shape index (κ2) is 7.99. The molecule has 0 unspecified atom stereocenters. The number of fused-ring (bicyclic) bond motifs is 6. The molecule has 0 saturated carbocycles. The Hall–Kier alpha value is -4.10. The van der Waals surface area contributed by atoms with Crippen LogP contribution in [-0.2, 0) is 19.4 Å². The van der Waals surface area contributed by atoms with Crippen LogP contribution in [0.4, 0.5) is 0 Å². The van der Waals surface area contributed by atoms with E-state index in [9.17, 15) is 0 Å². The van der Waals surface area contributed by atoms with Crippen molar-refractivity contribution in [2.75, 3.05) is 0 Å². The molecule has 0 amide bonds. The van der Waals surface area contributed by atoms with E-state index in [1.54, 1.807) is 0 Å². The van der Waals surface area contributed by atoms with Crippen molar-refractivity contribution in [3.05, 3.63) is 131 Å². The highest BCUT2D eigenvalue weighted by Crippen LogP contribution is 2.42. The standard InChI is InChI=1S/C34H27N/c1-2-23-18-24(22-35-33-16-7-5-12-30(33)31-13-6-8-17-34(31)35)20-26(19-23)28-14-9-15-29-27-11-4-3-10-25(27)21-32(28)29/h3-20H,2,21-22H2,1H3. The SMILES string of the molecule is CCc1cc(Cn2c3ccccc3c3ccccc32)cc(-c2cccc3c2Cc2ccccc2-3)c1. The summed E-state index contributed by atoms with van der Waals surface area (Å²) in [7, 11) is 0. The van der Waals surface area contributed by atoms with E-state index in [1.807, 2.05) is 0 Å². The number of nitrogens with zero attached hydrogens (tertiary/aromatic N) is 1. The number of aryl methyl sites for hydroxylation is 1. The second-order valence-corrected chi connectivity index (χ2v) is 9.68. The van der Waals surface area contributed by atoms with Crippen molar-refractivity contribution in [3.8, 4) is 22.3 Å². The van der Waals surface area contributed by atoms with Crippen molar-refractivity contribution in [2.24, 2.45) is 0 Å². The van der Waals surface area contributed by atoms with Gasteiger partial charge in [-0.25, -0.2) is 0 Å². The molecule has 0 N–H and O–H groups in total. The number of hydrogen-bond acceptors (Lipinski definition) is 0. The zero-order chi connectivity index (χ0) is 23.4. The maximum atomic E-state index is 2.48. The fourth-order valence-corrected chi connectivity index (χ4v) is 6.00. The van der Waals surface area contributed by atoms with Crippen molar-refractivity contribution in [1.29, 1.82) is 0 Å². The highest BCUT2D eigenvalue weighted by atomic mass is 15.0. The monoisotopic (exact) mass is 449 g/mol. The Labute approximate surface area is 206 Å². The maximum absolute atomic E-state index is 2.48. The minimum absolute atomic E-state index is 0.865. The average molecular weight is 450 g/mol. The summed E-state index contributed by atoms with van der Waals surface area (Å²) in [6.45, 7) is 3.12. The van der Waals surface area contributed by atoms with E-state index >= 15 is 0 Å². The Morgan fingerprint density at radius 1 is 0.600 bits per heavy atom. The topological polar surface area (TPSA) is 4.93 Å². The molecule has 168 valence electrons. The minimum atomic E-state index is 0.865. The second-order valence-electron chi connectivity index (χ2n) is 9.68. The van der Waals surface area contributed by atoms with Gasteiger partial charge in [-0.05, 0) is 75.5 Å². The molecule has 0 radical (unpaired) electrons. The molecule has 1 nitrogen and oxygen atoms in total. The summed E-state index contributed by atoms with van der Waals surface area (Å²) >= 11 is 0. The van der Waals surface area contributed by atoms with Crippen molar-refractivity contribution in [1.82, 2.24) is 4.57 Å². The molecule has 0 aliphatic heterocycles. The molecule has 0 saturated heterocycles. The molecule has 0 bridgehead atoms. The number of hydrogen-bond donors (Lipinski definition) is 0. The molecule has 0 atom stereocenters. The molecule has 1 aliphatic rings. The lowest BCUT2D eigenvalue weighted by Gasteiger charge is -2.14. The molecule has 1 heteroatoms. The Morgan fingerprint density at radius 2 is 1.23 bits per heavy atom. The summed E-state index contributed by atoms with van der Waals surface area (Å²) in [6.07, 6.45) is 2.05. The lowest BCUT2D eigenvalue weighted by atomic mass is 9.92. The number of aromatic nitrogens is 1. The van der Waals surface area contributed by atoms with Gasteiger partial charge in [0.25, 0.3) is 0 Å². The molecule has 1 aliphatic carbocycles. The van der Waals surface area contributed by atoms with Crippen LogP contribution in [0.3, 0.4) is 0 Å². The Kier molecular flexibility index (Phi) is 4.63. The molecular weight excluding hydrogens is 422 g/mol. The summed E-state index contributed by atoms with van der Waals surface area (Å²) in [4.78, 5) is 0. The third-order valence-electron chi connectivity index (χ3n) is 7.64. The van der Waals surface area contributed by atoms with Gasteiger partial charge in [0.2, 0.25) is 0 Å². The van der Waals surface area contributed by atoms with Crippen LogP contribution < -0.4 is 0 Å². The number of benzene rings is 5. The Balaban J connectivity index is 1.37. The van der Waals surface area contributed by atoms with Crippen molar-refractivity contribution in [3.63, 3.8) is 0 Å². The minimum Gasteiger partial charge on any atom is -0.336 e. The summed E-state index contributed by atoms with van der Waals surface area (Å²) in [5.41, 5.74) is 13.7. The quantitative estimate of drug-likeness (QED) is 0.253. The largest absolute Gasteiger partial charge is 0.336 e. The highest BCUT2D eigenvalue weighted by molar-refractivity contribution is 6.08. The van der Waals surface area contributed by atoms with Gasteiger partial charge >= 0.3 is 0 Å².